The van der Waals surface area contributed by atoms with Gasteiger partial charge in [-0.25, -0.2) is 22.0 Å². The van der Waals surface area contributed by atoms with Gasteiger partial charge in [0.15, 0.2) is 17.3 Å². The molecule has 13 N–H and O–H groups in total. The molecule has 2 aliphatic carbocycles. The van der Waals surface area contributed by atoms with Crippen LogP contribution in [0.4, 0.5) is 29.6 Å². The smallest absolute Gasteiger partial charge is 0.407 e. The molecule has 0 spiro atoms. The zero-order valence-corrected chi connectivity index (χ0v) is 92.6. The van der Waals surface area contributed by atoms with E-state index in [0.29, 0.717) is 60.4 Å². The van der Waals surface area contributed by atoms with Crippen molar-refractivity contribution in [3.63, 3.8) is 0 Å². The van der Waals surface area contributed by atoms with E-state index in [9.17, 15) is 57.5 Å². The van der Waals surface area contributed by atoms with Crippen LogP contribution < -0.4 is 49.3 Å². The second kappa shape index (κ2) is 54.3. The summed E-state index contributed by atoms with van der Waals surface area (Å²) in [4.78, 5) is 153. The van der Waals surface area contributed by atoms with Crippen LogP contribution in [-0.2, 0) is 38.2 Å². The fourth-order valence-electron chi connectivity index (χ4n) is 14.5. The zero-order chi connectivity index (χ0) is 106. The van der Waals surface area contributed by atoms with E-state index in [2.05, 4.69) is 172 Å². The van der Waals surface area contributed by atoms with Crippen molar-refractivity contribution >= 4 is 221 Å². The SMILES string of the molecule is CC(=O)NN.CC(NC(=O)OCC1c2ccccc2-c2ccccc21)C(=O)O.CCC(C)=O.Cc1sc(N)c(C(=O)c2ccc(Br)cc2)c1C.Cc1sc(NC(=O)C(C)N)c(C(=O)c2ccc(Br)cc2)c1C.Cc1sc(NC(=O)C(C)NC(=O)OCC2c3ccccc3-c3ccccc32)c(C(=O)c2ccc(Br)cc2)c1C.Cc1sc2c(c1C)C(c1ccc(Br)cc1)=NC(C)C(=O)N2.[C-]#[N+]CC(=O)c1ccc(Br)cc1. The van der Waals surface area contributed by atoms with Crippen molar-refractivity contribution in [3.8, 4) is 22.3 Å². The van der Waals surface area contributed by atoms with Crippen molar-refractivity contribution in [1.29, 1.82) is 0 Å². The Morgan fingerprint density at radius 3 is 1.15 bits per heavy atom. The summed E-state index contributed by atoms with van der Waals surface area (Å²) in [6.07, 6.45) is -0.731. The number of nitrogens with zero attached hydrogens (tertiary/aromatic N) is 2. The number of nitrogen functional groups attached to an aromatic ring is 1. The molecule has 35 heteroatoms. The van der Waals surface area contributed by atoms with E-state index < -0.39 is 42.2 Å². The number of amides is 6. The van der Waals surface area contributed by atoms with E-state index in [1.807, 2.05) is 170 Å². The Balaban J connectivity index is 0.000000195. The van der Waals surface area contributed by atoms with Crippen LogP contribution in [0.2, 0.25) is 0 Å². The molecule has 0 saturated heterocycles. The molecule has 5 heterocycles. The number of halogens is 5. The molecule has 0 radical (unpaired) electrons. The highest BCUT2D eigenvalue weighted by Gasteiger charge is 2.34. The Labute approximate surface area is 894 Å². The van der Waals surface area contributed by atoms with Gasteiger partial charge in [-0.05, 0) is 266 Å². The van der Waals surface area contributed by atoms with Gasteiger partial charge < -0.3 is 62.3 Å². The van der Waals surface area contributed by atoms with E-state index in [1.165, 1.54) is 58.3 Å². The maximum absolute atomic E-state index is 13.3. The third kappa shape index (κ3) is 30.9. The van der Waals surface area contributed by atoms with Crippen LogP contribution in [0.25, 0.3) is 27.1 Å². The van der Waals surface area contributed by atoms with Gasteiger partial charge in [0.2, 0.25) is 29.4 Å². The number of fused-ring (bicyclic) bond motifs is 7. The molecule has 144 heavy (non-hydrogen) atoms. The molecule has 1 aliphatic heterocycles. The first-order chi connectivity index (χ1) is 68.4. The summed E-state index contributed by atoms with van der Waals surface area (Å²) in [7, 11) is 0. The summed E-state index contributed by atoms with van der Waals surface area (Å²) in [6, 6.07) is 66.0. The predicted molar refractivity (Wildman–Crippen MR) is 593 cm³/mol. The average molecular weight is 2340 g/mol. The minimum absolute atomic E-state index is 0.00292. The summed E-state index contributed by atoms with van der Waals surface area (Å²) >= 11 is 22.6. The van der Waals surface area contributed by atoms with Crippen molar-refractivity contribution in [3.05, 3.63) is 366 Å². The van der Waals surface area contributed by atoms with Crippen molar-refractivity contribution < 1.29 is 72.1 Å². The van der Waals surface area contributed by atoms with Gasteiger partial charge in [-0.1, -0.05) is 196 Å². The molecule has 13 aromatic rings. The number of hydrogen-bond acceptors (Lipinski definition) is 22. The van der Waals surface area contributed by atoms with Crippen LogP contribution in [0.3, 0.4) is 0 Å². The largest absolute Gasteiger partial charge is 0.480 e. The van der Waals surface area contributed by atoms with Gasteiger partial charge in [-0.3, -0.25) is 53.6 Å². The first-order valence-electron chi connectivity index (χ1n) is 45.0. The number of Topliss-reactive ketones (excluding diaryl/α,β-unsaturated/α-hetero) is 2. The number of carboxylic acid groups (broad SMARTS) is 1. The zero-order valence-electron chi connectivity index (χ0n) is 81.4. The molecule has 0 saturated carbocycles. The van der Waals surface area contributed by atoms with Gasteiger partial charge in [-0.2, -0.15) is 0 Å². The number of ketones is 5. The number of nitrogens with one attached hydrogen (secondary N) is 6. The molecule has 748 valence electrons. The first-order valence-corrected chi connectivity index (χ1v) is 52.2. The van der Waals surface area contributed by atoms with Crippen LogP contribution in [0.15, 0.2) is 246 Å². The number of hydrogen-bond donors (Lipinski definition) is 10. The van der Waals surface area contributed by atoms with Crippen LogP contribution in [-0.4, -0.2) is 125 Å². The highest BCUT2D eigenvalue weighted by atomic mass is 79.9. The molecule has 0 bridgehead atoms. The number of thiophene rings is 4. The van der Waals surface area contributed by atoms with Gasteiger partial charge in [0.1, 0.15) is 52.1 Å². The topological polar surface area (TPSA) is 410 Å². The van der Waals surface area contributed by atoms with E-state index in [4.69, 9.17) is 32.6 Å². The number of nitrogens with two attached hydrogens (primary N) is 3. The predicted octanol–water partition coefficient (Wildman–Crippen LogP) is 24.6. The van der Waals surface area contributed by atoms with Crippen molar-refractivity contribution in [2.75, 3.05) is 41.4 Å². The maximum atomic E-state index is 13.3. The Bertz CT molecular complexity index is 6870. The minimum Gasteiger partial charge on any atom is -0.480 e. The van der Waals surface area contributed by atoms with Gasteiger partial charge in [0.25, 0.3) is 6.54 Å². The molecule has 4 atom stereocenters. The highest BCUT2D eigenvalue weighted by molar-refractivity contribution is 9.11. The lowest BCUT2D eigenvalue weighted by molar-refractivity contribution is -0.139. The lowest BCUT2D eigenvalue weighted by Crippen LogP contribution is -2.42. The maximum Gasteiger partial charge on any atom is 0.407 e. The Hall–Kier alpha value is -12.7. The molecular weight excluding hydrogens is 2230 g/mol. The summed E-state index contributed by atoms with van der Waals surface area (Å²) < 4.78 is 15.5. The quantitative estimate of drug-likeness (QED) is 0.0105. The normalized spacial score (nSPS) is 12.6. The Kier molecular flexibility index (Phi) is 43.3. The molecule has 4 unspecified atom stereocenters. The second-order valence-electron chi connectivity index (χ2n) is 33.1. The van der Waals surface area contributed by atoms with Gasteiger partial charge in [0.05, 0.1) is 33.4 Å². The van der Waals surface area contributed by atoms with Crippen LogP contribution in [0.1, 0.15) is 200 Å². The number of anilines is 4. The number of carbonyl (C=O) groups excluding carboxylic acids is 11. The number of benzene rings is 9. The molecule has 3 aliphatic rings. The van der Waals surface area contributed by atoms with E-state index in [1.54, 1.807) is 105 Å². The number of aliphatic imine (C=N–C) groups is 1. The second-order valence-corrected chi connectivity index (χ2v) is 42.6. The Morgan fingerprint density at radius 1 is 0.479 bits per heavy atom. The van der Waals surface area contributed by atoms with Crippen molar-refractivity contribution in [2.24, 2.45) is 16.6 Å². The van der Waals surface area contributed by atoms with Gasteiger partial charge in [-0.15, -0.1) is 45.3 Å². The van der Waals surface area contributed by atoms with Crippen LogP contribution in [0, 0.1) is 62.0 Å². The number of carbonyl (C=O) groups is 12. The highest BCUT2D eigenvalue weighted by Crippen LogP contribution is 2.47. The fourth-order valence-corrected chi connectivity index (χ4v) is 20.0. The third-order valence-corrected chi connectivity index (χ3v) is 30.0. The van der Waals surface area contributed by atoms with E-state index in [-0.39, 0.29) is 84.3 Å². The molecular formula is C109H108Br5N11O15S4. The lowest BCUT2D eigenvalue weighted by atomic mass is 9.98. The summed E-state index contributed by atoms with van der Waals surface area (Å²) in [5.74, 6) is 2.21. The first kappa shape index (κ1) is 115. The summed E-state index contributed by atoms with van der Waals surface area (Å²) in [5, 5.41) is 24.8. The standard InChI is InChI=1S/C31H27BrN2O4S.C18H17NO4.C16H17BrN2O2S.C16H15BrN2OS.C13H12BrNOS.C9H6BrNO.C4H8O.C2H6N2O/c1-17-19(3)39-30(27(17)28(35)20-12-14-21(32)15-13-20)34-29(36)18(2)33-31(37)38-16-26-24-10-6-4-8-22(24)23-9-5-7-11-25(23)26;1-11(17(20)21)19-18(22)23-10-16-14-8-4-2-6-12(14)13-7-3-5-9-15(13)16;1-8-10(3)22-16(19-15(21)9(2)18)13(8)14(20)11-4-6-12(17)7-5-11;1-8-10(3)21-16-13(8)14(18-9(2)15(20)19-16)11-4-6-12(17)7-5-11;1-7-8(2)17-13(15)11(7)12(16)9-3-5-10(14)6-4-9;1-11-6-9(12)7-2-4-8(10)5-3-7;1-3-4(2)5;1-2(5)4-3/h4-15,18,26H,16H2,1-3H3,(H,33,37)(H,34,36);2-9,11,16H,10H2,1H3,(H,19,22)(H,20,21);4-7,9H,18H2,1-3H3,(H,19,21);4-7,9H,1-3H3,(H,19,20);3-6H,15H2,1-2H3;2-5H,6H2;3H2,1-2H3;3H2,1H3,(H,4,5). The van der Waals surface area contributed by atoms with Crippen molar-refractivity contribution in [1.82, 2.24) is 16.1 Å². The summed E-state index contributed by atoms with van der Waals surface area (Å²) in [5.41, 5.74) is 33.3. The molecule has 0 fully saturated rings. The fraction of sp³-hybridized carbons (Fsp3) is 0.229. The minimum atomic E-state index is -1.10. The molecule has 4 aromatic heterocycles. The number of aliphatic carboxylic acids is 1. The van der Waals surface area contributed by atoms with E-state index in [0.717, 1.165) is 120 Å². The molecule has 6 amide bonds. The Morgan fingerprint density at radius 2 is 0.806 bits per heavy atom. The van der Waals surface area contributed by atoms with Gasteiger partial charge >= 0.3 is 18.2 Å². The third-order valence-electron chi connectivity index (χ3n) is 23.0. The number of ether oxygens (including phenoxy) is 2. The number of carboxylic acids is 1. The number of aryl methyl sites for hydroxylation is 4. The molecule has 16 rings (SSSR count). The van der Waals surface area contributed by atoms with Gasteiger partial charge in [0, 0.05) is 100 Å². The van der Waals surface area contributed by atoms with Crippen molar-refractivity contribution in [2.45, 2.75) is 146 Å². The number of rotatable bonds is 21. The lowest BCUT2D eigenvalue weighted by Gasteiger charge is -2.17. The summed E-state index contributed by atoms with van der Waals surface area (Å²) in [6.45, 7) is 33.6. The van der Waals surface area contributed by atoms with E-state index >= 15 is 0 Å². The number of hydrazine groups is 1. The monoisotopic (exact) mass is 2330 g/mol. The van der Waals surface area contributed by atoms with Crippen LogP contribution in [0.5, 0.6) is 0 Å². The average Bonchev–Trinajstić information content (AvgIpc) is 1.62. The molecule has 26 nitrogen and oxygen atoms in total. The van der Waals surface area contributed by atoms with Crippen LogP contribution >= 0.6 is 125 Å². The number of alkyl carbamates (subject to hydrolysis) is 2. The molecule has 9 aromatic carbocycles.